The van der Waals surface area contributed by atoms with E-state index in [2.05, 4.69) is 28.5 Å². The lowest BCUT2D eigenvalue weighted by Crippen LogP contribution is -2.48. The van der Waals surface area contributed by atoms with Crippen molar-refractivity contribution < 1.29 is 4.79 Å². The topological polar surface area (TPSA) is 53.5 Å². The van der Waals surface area contributed by atoms with Crippen molar-refractivity contribution in [2.45, 2.75) is 18.3 Å². The van der Waals surface area contributed by atoms with Gasteiger partial charge in [0.15, 0.2) is 5.50 Å². The summed E-state index contributed by atoms with van der Waals surface area (Å²) in [5.41, 5.74) is 3.01. The number of nitrogens with one attached hydrogen (secondary N) is 2. The van der Waals surface area contributed by atoms with E-state index in [1.807, 2.05) is 0 Å². The third-order valence-electron chi connectivity index (χ3n) is 1.77. The van der Waals surface area contributed by atoms with Gasteiger partial charge < -0.3 is 5.32 Å². The normalized spacial score (nSPS) is 30.5. The summed E-state index contributed by atoms with van der Waals surface area (Å²) in [5.74, 6) is 0.314. The molecule has 60 valence electrons. The van der Waals surface area contributed by atoms with Gasteiger partial charge in [-0.2, -0.15) is 5.10 Å². The van der Waals surface area contributed by atoms with Crippen LogP contribution in [-0.4, -0.2) is 17.1 Å². The minimum absolute atomic E-state index is 0.0775. The Morgan fingerprint density at radius 1 is 1.55 bits per heavy atom. The van der Waals surface area contributed by atoms with Crippen molar-refractivity contribution in [3.8, 4) is 0 Å². The van der Waals surface area contributed by atoms with Crippen LogP contribution in [0, 0.1) is 5.92 Å². The van der Waals surface area contributed by atoms with Gasteiger partial charge in [-0.1, -0.05) is 0 Å². The molecule has 1 aliphatic carbocycles. The highest BCUT2D eigenvalue weighted by atomic mass is 32.1. The van der Waals surface area contributed by atoms with E-state index in [4.69, 9.17) is 0 Å². The third-order valence-corrected chi connectivity index (χ3v) is 2.02. The van der Waals surface area contributed by atoms with Gasteiger partial charge in [0.25, 0.3) is 5.91 Å². The van der Waals surface area contributed by atoms with Crippen molar-refractivity contribution in [1.29, 1.82) is 0 Å². The highest BCUT2D eigenvalue weighted by Gasteiger charge is 2.34. The Balaban J connectivity index is 2.12. The van der Waals surface area contributed by atoms with Gasteiger partial charge in [0.2, 0.25) is 0 Å². The molecule has 2 aliphatic rings. The van der Waals surface area contributed by atoms with E-state index in [-0.39, 0.29) is 11.4 Å². The van der Waals surface area contributed by atoms with E-state index >= 15 is 0 Å². The van der Waals surface area contributed by atoms with Crippen molar-refractivity contribution in [2.75, 3.05) is 0 Å². The first-order valence-electron chi connectivity index (χ1n) is 3.59. The minimum atomic E-state index is -0.329. The number of carbonyl (C=O) groups excluding carboxylic acids is 1. The maximum atomic E-state index is 11.2. The predicted molar refractivity (Wildman–Crippen MR) is 44.2 cm³/mol. The molecule has 1 aliphatic heterocycles. The van der Waals surface area contributed by atoms with Crippen molar-refractivity contribution in [3.63, 3.8) is 0 Å². The molecule has 1 amide bonds. The SMILES string of the molecule is O=C1NC(S)NN=C1C1CC1. The molecule has 2 rings (SSSR count). The summed E-state index contributed by atoms with van der Waals surface area (Å²) in [6.07, 6.45) is 2.18. The van der Waals surface area contributed by atoms with Crippen LogP contribution in [0.25, 0.3) is 0 Å². The van der Waals surface area contributed by atoms with Gasteiger partial charge in [0, 0.05) is 5.92 Å². The Labute approximate surface area is 69.8 Å². The van der Waals surface area contributed by atoms with Crippen LogP contribution in [0.1, 0.15) is 12.8 Å². The van der Waals surface area contributed by atoms with Crippen molar-refractivity contribution in [1.82, 2.24) is 10.7 Å². The molecule has 0 bridgehead atoms. The van der Waals surface area contributed by atoms with E-state index in [1.54, 1.807) is 0 Å². The summed E-state index contributed by atoms with van der Waals surface area (Å²) >= 11 is 4.00. The molecule has 1 fully saturated rings. The number of amides is 1. The highest BCUT2D eigenvalue weighted by molar-refractivity contribution is 7.80. The molecule has 0 spiro atoms. The Kier molecular flexibility index (Phi) is 1.52. The van der Waals surface area contributed by atoms with E-state index < -0.39 is 0 Å². The van der Waals surface area contributed by atoms with Gasteiger partial charge in [0.1, 0.15) is 5.71 Å². The molecule has 0 aromatic heterocycles. The van der Waals surface area contributed by atoms with Crippen LogP contribution in [0.2, 0.25) is 0 Å². The molecule has 11 heavy (non-hydrogen) atoms. The molecular formula is C6H9N3OS. The summed E-state index contributed by atoms with van der Waals surface area (Å²) in [7, 11) is 0. The van der Waals surface area contributed by atoms with Crippen molar-refractivity contribution in [2.24, 2.45) is 11.0 Å². The lowest BCUT2D eigenvalue weighted by Gasteiger charge is -2.19. The number of rotatable bonds is 1. The first-order chi connectivity index (χ1) is 5.27. The lowest BCUT2D eigenvalue weighted by atomic mass is 10.2. The average Bonchev–Trinajstić information content (AvgIpc) is 2.70. The van der Waals surface area contributed by atoms with E-state index in [9.17, 15) is 4.79 Å². The Hall–Kier alpha value is -0.710. The molecule has 1 saturated carbocycles. The fourth-order valence-electron chi connectivity index (χ4n) is 1.05. The molecular weight excluding hydrogens is 162 g/mol. The molecule has 4 nitrogen and oxygen atoms in total. The molecule has 1 atom stereocenters. The van der Waals surface area contributed by atoms with Gasteiger partial charge in [-0.25, -0.2) is 0 Å². The largest absolute Gasteiger partial charge is 0.321 e. The van der Waals surface area contributed by atoms with Crippen LogP contribution in [-0.2, 0) is 4.79 Å². The van der Waals surface area contributed by atoms with Gasteiger partial charge in [-0.15, -0.1) is 12.6 Å². The van der Waals surface area contributed by atoms with Gasteiger partial charge in [-0.05, 0) is 12.8 Å². The molecule has 0 radical (unpaired) electrons. The first kappa shape index (κ1) is 6.97. The predicted octanol–water partition coefficient (Wildman–Crippen LogP) is -0.315. The average molecular weight is 171 g/mol. The highest BCUT2D eigenvalue weighted by Crippen LogP contribution is 2.31. The monoisotopic (exact) mass is 171 g/mol. The number of nitrogens with zero attached hydrogens (tertiary/aromatic N) is 1. The van der Waals surface area contributed by atoms with Crippen LogP contribution in [0.5, 0.6) is 0 Å². The zero-order valence-electron chi connectivity index (χ0n) is 5.87. The molecule has 5 heteroatoms. The van der Waals surface area contributed by atoms with Crippen LogP contribution < -0.4 is 10.7 Å². The summed E-state index contributed by atoms with van der Waals surface area (Å²) in [6, 6.07) is 0. The minimum Gasteiger partial charge on any atom is -0.321 e. The Morgan fingerprint density at radius 3 is 2.82 bits per heavy atom. The summed E-state index contributed by atoms with van der Waals surface area (Å²) < 4.78 is 0. The number of hydrogen-bond donors (Lipinski definition) is 3. The number of hydrazone groups is 1. The zero-order chi connectivity index (χ0) is 7.84. The molecule has 2 N–H and O–H groups in total. The first-order valence-corrected chi connectivity index (χ1v) is 4.11. The Morgan fingerprint density at radius 2 is 2.27 bits per heavy atom. The maximum absolute atomic E-state index is 11.2. The van der Waals surface area contributed by atoms with Gasteiger partial charge in [-0.3, -0.25) is 10.2 Å². The van der Waals surface area contributed by atoms with E-state index in [0.29, 0.717) is 11.6 Å². The maximum Gasteiger partial charge on any atom is 0.270 e. The number of carbonyl (C=O) groups is 1. The standard InChI is InChI=1S/C6H9N3OS/c10-5-4(3-1-2-3)8-9-6(11)7-5/h3,6,9,11H,1-2H2,(H,7,10). The van der Waals surface area contributed by atoms with Gasteiger partial charge in [0.05, 0.1) is 0 Å². The smallest absolute Gasteiger partial charge is 0.270 e. The molecule has 0 saturated heterocycles. The second-order valence-corrected chi connectivity index (χ2v) is 3.29. The summed E-state index contributed by atoms with van der Waals surface area (Å²) in [6.45, 7) is 0. The molecule has 1 heterocycles. The van der Waals surface area contributed by atoms with Crippen LogP contribution in [0.3, 0.4) is 0 Å². The fraction of sp³-hybridized carbons (Fsp3) is 0.667. The second kappa shape index (κ2) is 2.41. The van der Waals surface area contributed by atoms with Crippen molar-refractivity contribution in [3.05, 3.63) is 0 Å². The summed E-state index contributed by atoms with van der Waals surface area (Å²) in [4.78, 5) is 11.2. The fourth-order valence-corrected chi connectivity index (χ4v) is 1.22. The Bertz CT molecular complexity index is 224. The van der Waals surface area contributed by atoms with Crippen molar-refractivity contribution >= 4 is 24.2 Å². The van der Waals surface area contributed by atoms with E-state index in [1.165, 1.54) is 0 Å². The quantitative estimate of drug-likeness (QED) is 0.474. The lowest BCUT2D eigenvalue weighted by molar-refractivity contribution is -0.115. The van der Waals surface area contributed by atoms with Crippen LogP contribution >= 0.6 is 12.6 Å². The van der Waals surface area contributed by atoms with E-state index in [0.717, 1.165) is 12.8 Å². The summed E-state index contributed by atoms with van der Waals surface area (Å²) in [5, 5.41) is 6.57. The zero-order valence-corrected chi connectivity index (χ0v) is 6.77. The second-order valence-electron chi connectivity index (χ2n) is 2.78. The number of thiol groups is 1. The molecule has 0 aromatic carbocycles. The number of hydrogen-bond acceptors (Lipinski definition) is 4. The van der Waals surface area contributed by atoms with Crippen LogP contribution in [0.4, 0.5) is 0 Å². The molecule has 0 aromatic rings. The molecule has 1 unspecified atom stereocenters. The van der Waals surface area contributed by atoms with Gasteiger partial charge >= 0.3 is 0 Å². The third kappa shape index (κ3) is 1.33. The van der Waals surface area contributed by atoms with Crippen LogP contribution in [0.15, 0.2) is 5.10 Å².